The number of rotatable bonds is 3. The average Bonchev–Trinajstić information content (AvgIpc) is 2.33. The highest BCUT2D eigenvalue weighted by Gasteiger charge is 2.21. The smallest absolute Gasteiger partial charge is 0.0170 e. The summed E-state index contributed by atoms with van der Waals surface area (Å²) >= 11 is 0. The van der Waals surface area contributed by atoms with Crippen molar-refractivity contribution in [3.63, 3.8) is 0 Å². The first kappa shape index (κ1) is 10.4. The molecule has 0 aromatic heterocycles. The molecule has 0 radical (unpaired) electrons. The lowest BCUT2D eigenvalue weighted by Gasteiger charge is -2.29. The Bertz CT molecular complexity index is 298. The monoisotopic (exact) mass is 201 g/mol. The van der Waals surface area contributed by atoms with Gasteiger partial charge in [-0.2, -0.15) is 0 Å². The number of benzene rings is 1. The van der Waals surface area contributed by atoms with Crippen LogP contribution in [0.15, 0.2) is 43.0 Å². The zero-order valence-electron chi connectivity index (χ0n) is 9.15. The molecular weight excluding hydrogens is 182 g/mol. The SMILES string of the molecule is C=CC(c1ccccc1)C1CCCCN1. The zero-order valence-corrected chi connectivity index (χ0v) is 9.15. The van der Waals surface area contributed by atoms with Gasteiger partial charge in [0.1, 0.15) is 0 Å². The van der Waals surface area contributed by atoms with Crippen LogP contribution in [0.25, 0.3) is 0 Å². The first-order chi connectivity index (χ1) is 7.42. The van der Waals surface area contributed by atoms with Crippen LogP contribution >= 0.6 is 0 Å². The van der Waals surface area contributed by atoms with Gasteiger partial charge >= 0.3 is 0 Å². The van der Waals surface area contributed by atoms with Crippen molar-refractivity contribution in [1.82, 2.24) is 5.32 Å². The molecule has 0 spiro atoms. The summed E-state index contributed by atoms with van der Waals surface area (Å²) in [5.41, 5.74) is 1.38. The summed E-state index contributed by atoms with van der Waals surface area (Å²) < 4.78 is 0. The third-order valence-corrected chi connectivity index (χ3v) is 3.22. The van der Waals surface area contributed by atoms with Crippen LogP contribution in [0.1, 0.15) is 30.7 Å². The molecule has 2 rings (SSSR count). The molecule has 1 aromatic carbocycles. The Labute approximate surface area is 92.2 Å². The Morgan fingerprint density at radius 2 is 2.07 bits per heavy atom. The largest absolute Gasteiger partial charge is 0.313 e. The Balaban J connectivity index is 2.12. The highest BCUT2D eigenvalue weighted by atomic mass is 14.9. The quantitative estimate of drug-likeness (QED) is 0.741. The summed E-state index contributed by atoms with van der Waals surface area (Å²) in [6.07, 6.45) is 6.01. The summed E-state index contributed by atoms with van der Waals surface area (Å²) in [7, 11) is 0. The summed E-state index contributed by atoms with van der Waals surface area (Å²) in [5.74, 6) is 0.464. The van der Waals surface area contributed by atoms with Crippen LogP contribution < -0.4 is 5.32 Å². The minimum atomic E-state index is 0.464. The summed E-state index contributed by atoms with van der Waals surface area (Å²) in [6.45, 7) is 5.13. The van der Waals surface area contributed by atoms with Crippen molar-refractivity contribution < 1.29 is 0 Å². The van der Waals surface area contributed by atoms with Crippen molar-refractivity contribution >= 4 is 0 Å². The van der Waals surface area contributed by atoms with E-state index < -0.39 is 0 Å². The first-order valence-corrected chi connectivity index (χ1v) is 5.82. The Morgan fingerprint density at radius 3 is 2.67 bits per heavy atom. The van der Waals surface area contributed by atoms with Crippen LogP contribution in [0, 0.1) is 0 Å². The molecule has 0 saturated carbocycles. The van der Waals surface area contributed by atoms with Crippen LogP contribution in [0.3, 0.4) is 0 Å². The molecule has 0 amide bonds. The van der Waals surface area contributed by atoms with Crippen LogP contribution in [0.2, 0.25) is 0 Å². The highest BCUT2D eigenvalue weighted by Crippen LogP contribution is 2.25. The molecule has 15 heavy (non-hydrogen) atoms. The van der Waals surface area contributed by atoms with E-state index in [2.05, 4.69) is 48.3 Å². The van der Waals surface area contributed by atoms with Crippen LogP contribution in [0.5, 0.6) is 0 Å². The van der Waals surface area contributed by atoms with Gasteiger partial charge in [-0.25, -0.2) is 0 Å². The molecule has 0 aliphatic carbocycles. The van der Waals surface area contributed by atoms with Crippen molar-refractivity contribution in [2.75, 3.05) is 6.54 Å². The number of hydrogen-bond donors (Lipinski definition) is 1. The normalized spacial score (nSPS) is 23.3. The average molecular weight is 201 g/mol. The Morgan fingerprint density at radius 1 is 1.27 bits per heavy atom. The lowest BCUT2D eigenvalue weighted by atomic mass is 9.87. The van der Waals surface area contributed by atoms with Crippen molar-refractivity contribution in [3.05, 3.63) is 48.6 Å². The van der Waals surface area contributed by atoms with Gasteiger partial charge in [0.15, 0.2) is 0 Å². The predicted molar refractivity (Wildman–Crippen MR) is 65.0 cm³/mol. The van der Waals surface area contributed by atoms with E-state index in [-0.39, 0.29) is 0 Å². The number of nitrogens with one attached hydrogen (secondary N) is 1. The third-order valence-electron chi connectivity index (χ3n) is 3.22. The molecule has 1 nitrogen and oxygen atoms in total. The number of hydrogen-bond acceptors (Lipinski definition) is 1. The van der Waals surface area contributed by atoms with E-state index in [4.69, 9.17) is 0 Å². The van der Waals surface area contributed by atoms with Gasteiger partial charge in [0, 0.05) is 12.0 Å². The second-order valence-corrected chi connectivity index (χ2v) is 4.23. The molecule has 1 heterocycles. The maximum absolute atomic E-state index is 3.97. The third kappa shape index (κ3) is 2.48. The maximum atomic E-state index is 3.97. The molecule has 1 saturated heterocycles. The molecule has 1 N–H and O–H groups in total. The zero-order chi connectivity index (χ0) is 10.5. The molecule has 1 aliphatic rings. The van der Waals surface area contributed by atoms with Gasteiger partial charge in [0.05, 0.1) is 0 Å². The lowest BCUT2D eigenvalue weighted by Crippen LogP contribution is -2.38. The number of piperidine rings is 1. The van der Waals surface area contributed by atoms with Gasteiger partial charge in [0.25, 0.3) is 0 Å². The van der Waals surface area contributed by atoms with E-state index in [0.717, 1.165) is 6.54 Å². The van der Waals surface area contributed by atoms with Gasteiger partial charge < -0.3 is 5.32 Å². The highest BCUT2D eigenvalue weighted by molar-refractivity contribution is 5.25. The van der Waals surface area contributed by atoms with E-state index in [1.807, 2.05) is 0 Å². The second-order valence-electron chi connectivity index (χ2n) is 4.23. The van der Waals surface area contributed by atoms with E-state index in [0.29, 0.717) is 12.0 Å². The van der Waals surface area contributed by atoms with Gasteiger partial charge in [-0.3, -0.25) is 0 Å². The summed E-state index contributed by atoms with van der Waals surface area (Å²) in [4.78, 5) is 0. The molecule has 2 unspecified atom stereocenters. The van der Waals surface area contributed by atoms with E-state index in [9.17, 15) is 0 Å². The molecule has 1 fully saturated rings. The van der Waals surface area contributed by atoms with Crippen LogP contribution in [-0.2, 0) is 0 Å². The van der Waals surface area contributed by atoms with E-state index in [1.165, 1.54) is 24.8 Å². The molecule has 1 aliphatic heterocycles. The fourth-order valence-electron chi connectivity index (χ4n) is 2.39. The minimum Gasteiger partial charge on any atom is -0.313 e. The molecular formula is C14H19N. The lowest BCUT2D eigenvalue weighted by molar-refractivity contribution is 0.377. The van der Waals surface area contributed by atoms with Gasteiger partial charge in [0.2, 0.25) is 0 Å². The first-order valence-electron chi connectivity index (χ1n) is 5.82. The maximum Gasteiger partial charge on any atom is 0.0170 e. The standard InChI is InChI=1S/C14H19N/c1-2-13(12-8-4-3-5-9-12)14-10-6-7-11-15-14/h2-5,8-9,13-15H,1,6-7,10-11H2. The topological polar surface area (TPSA) is 12.0 Å². The molecule has 1 heteroatoms. The molecule has 1 aromatic rings. The fraction of sp³-hybridized carbons (Fsp3) is 0.429. The van der Waals surface area contributed by atoms with Gasteiger partial charge in [-0.15, -0.1) is 6.58 Å². The minimum absolute atomic E-state index is 0.464. The molecule has 80 valence electrons. The Hall–Kier alpha value is -1.08. The van der Waals surface area contributed by atoms with Crippen molar-refractivity contribution in [2.24, 2.45) is 0 Å². The molecule has 0 bridgehead atoms. The second kappa shape index (κ2) is 5.13. The summed E-state index contributed by atoms with van der Waals surface area (Å²) in [5, 5.41) is 3.60. The van der Waals surface area contributed by atoms with Crippen LogP contribution in [0.4, 0.5) is 0 Å². The van der Waals surface area contributed by atoms with Crippen LogP contribution in [-0.4, -0.2) is 12.6 Å². The van der Waals surface area contributed by atoms with Gasteiger partial charge in [-0.05, 0) is 24.9 Å². The van der Waals surface area contributed by atoms with E-state index >= 15 is 0 Å². The van der Waals surface area contributed by atoms with E-state index in [1.54, 1.807) is 0 Å². The fourth-order valence-corrected chi connectivity index (χ4v) is 2.39. The van der Waals surface area contributed by atoms with Crippen molar-refractivity contribution in [3.8, 4) is 0 Å². The van der Waals surface area contributed by atoms with Crippen molar-refractivity contribution in [1.29, 1.82) is 0 Å². The van der Waals surface area contributed by atoms with Crippen molar-refractivity contribution in [2.45, 2.75) is 31.2 Å². The van der Waals surface area contributed by atoms with Gasteiger partial charge in [-0.1, -0.05) is 42.8 Å². The predicted octanol–water partition coefficient (Wildman–Crippen LogP) is 3.10. The molecule has 2 atom stereocenters. The Kier molecular flexibility index (Phi) is 3.57. The summed E-state index contributed by atoms with van der Waals surface area (Å²) in [6, 6.07) is 11.3.